The summed E-state index contributed by atoms with van der Waals surface area (Å²) in [5.41, 5.74) is 0.228. The SMILES string of the molecule is CO[C@@]1(C)OC[C@@H](C2=CC(=O)NC2=O)O[C@]1(C)OC. The predicted molar refractivity (Wildman–Crippen MR) is 62.9 cm³/mol. The number of nitrogens with one attached hydrogen (secondary N) is 1. The summed E-state index contributed by atoms with van der Waals surface area (Å²) in [6.45, 7) is 3.43. The van der Waals surface area contributed by atoms with E-state index in [2.05, 4.69) is 5.32 Å². The fraction of sp³-hybridized carbons (Fsp3) is 0.667. The number of carbonyl (C=O) groups excluding carboxylic acids is 2. The molecule has 2 aliphatic heterocycles. The highest BCUT2D eigenvalue weighted by Gasteiger charge is 2.54. The quantitative estimate of drug-likeness (QED) is 0.710. The molecule has 1 saturated heterocycles. The minimum absolute atomic E-state index is 0.0931. The van der Waals surface area contributed by atoms with Crippen LogP contribution in [0, 0.1) is 0 Å². The molecule has 2 amide bonds. The van der Waals surface area contributed by atoms with Gasteiger partial charge in [0.1, 0.15) is 6.10 Å². The first kappa shape index (κ1) is 14.1. The zero-order chi connectivity index (χ0) is 14.3. The van der Waals surface area contributed by atoms with Crippen LogP contribution >= 0.6 is 0 Å². The van der Waals surface area contributed by atoms with Gasteiger partial charge in [0.05, 0.1) is 12.2 Å². The lowest BCUT2D eigenvalue weighted by molar-refractivity contribution is -0.426. The molecule has 2 rings (SSSR count). The fourth-order valence-electron chi connectivity index (χ4n) is 2.08. The second kappa shape index (κ2) is 4.68. The van der Waals surface area contributed by atoms with Gasteiger partial charge in [0.15, 0.2) is 0 Å². The van der Waals surface area contributed by atoms with E-state index in [-0.39, 0.29) is 12.2 Å². The molecule has 0 aromatic heterocycles. The Morgan fingerprint density at radius 3 is 2.37 bits per heavy atom. The van der Waals surface area contributed by atoms with E-state index in [1.165, 1.54) is 20.3 Å². The number of methoxy groups -OCH3 is 2. The Labute approximate surface area is 110 Å². The molecule has 1 N–H and O–H groups in total. The zero-order valence-electron chi connectivity index (χ0n) is 11.3. The molecule has 19 heavy (non-hydrogen) atoms. The van der Waals surface area contributed by atoms with Gasteiger partial charge in [0.2, 0.25) is 11.6 Å². The summed E-state index contributed by atoms with van der Waals surface area (Å²) in [5, 5.41) is 2.17. The van der Waals surface area contributed by atoms with Crippen LogP contribution in [-0.2, 0) is 28.5 Å². The van der Waals surface area contributed by atoms with E-state index in [9.17, 15) is 9.59 Å². The second-order valence-electron chi connectivity index (χ2n) is 4.64. The lowest BCUT2D eigenvalue weighted by Gasteiger charge is -2.48. The third-order valence-corrected chi connectivity index (χ3v) is 3.61. The molecule has 2 heterocycles. The summed E-state index contributed by atoms with van der Waals surface area (Å²) in [5.74, 6) is -3.23. The normalized spacial score (nSPS) is 39.2. The lowest BCUT2D eigenvalue weighted by Crippen LogP contribution is -2.62. The monoisotopic (exact) mass is 271 g/mol. The van der Waals surface area contributed by atoms with Gasteiger partial charge >= 0.3 is 0 Å². The fourth-order valence-corrected chi connectivity index (χ4v) is 2.08. The average Bonchev–Trinajstić information content (AvgIpc) is 2.72. The highest BCUT2D eigenvalue weighted by molar-refractivity contribution is 6.16. The molecular formula is C12H17NO6. The van der Waals surface area contributed by atoms with Gasteiger partial charge in [-0.2, -0.15) is 0 Å². The molecule has 0 aromatic rings. The van der Waals surface area contributed by atoms with Crippen molar-refractivity contribution < 1.29 is 28.5 Å². The second-order valence-corrected chi connectivity index (χ2v) is 4.64. The third kappa shape index (κ3) is 2.18. The first-order chi connectivity index (χ1) is 8.85. The van der Waals surface area contributed by atoms with Crippen molar-refractivity contribution in [2.24, 2.45) is 0 Å². The topological polar surface area (TPSA) is 83.1 Å². The standard InChI is InChI=1S/C12H17NO6/c1-11(16-3)12(2,17-4)19-8(6-18-11)7-5-9(14)13-10(7)15/h5,8H,6H2,1-4H3,(H,13,14,15)/t8-,11-,12-/m0/s1. The van der Waals surface area contributed by atoms with E-state index < -0.39 is 29.5 Å². The molecule has 1 fully saturated rings. The maximum absolute atomic E-state index is 11.6. The lowest BCUT2D eigenvalue weighted by atomic mass is 10.0. The van der Waals surface area contributed by atoms with Gasteiger partial charge in [-0.3, -0.25) is 14.9 Å². The van der Waals surface area contributed by atoms with Crippen molar-refractivity contribution in [1.82, 2.24) is 5.32 Å². The number of hydrogen-bond acceptors (Lipinski definition) is 6. The molecule has 0 unspecified atom stereocenters. The Bertz CT molecular complexity index is 448. The molecule has 106 valence electrons. The number of carbonyl (C=O) groups is 2. The summed E-state index contributed by atoms with van der Waals surface area (Å²) < 4.78 is 22.0. The Balaban J connectivity index is 2.23. The highest BCUT2D eigenvalue weighted by Crippen LogP contribution is 2.38. The summed E-state index contributed by atoms with van der Waals surface area (Å²) in [6, 6.07) is 0. The molecule has 0 aromatic carbocycles. The van der Waals surface area contributed by atoms with Crippen molar-refractivity contribution in [3.05, 3.63) is 11.6 Å². The Morgan fingerprint density at radius 2 is 1.89 bits per heavy atom. The van der Waals surface area contributed by atoms with Crippen LogP contribution in [0.5, 0.6) is 0 Å². The number of rotatable bonds is 3. The van der Waals surface area contributed by atoms with Gasteiger partial charge in [0, 0.05) is 20.3 Å². The van der Waals surface area contributed by atoms with Gasteiger partial charge < -0.3 is 18.9 Å². The van der Waals surface area contributed by atoms with Crippen molar-refractivity contribution in [3.8, 4) is 0 Å². The van der Waals surface area contributed by atoms with Crippen LogP contribution in [0.4, 0.5) is 0 Å². The summed E-state index contributed by atoms with van der Waals surface area (Å²) in [6.07, 6.45) is 0.529. The van der Waals surface area contributed by atoms with E-state index in [1.54, 1.807) is 13.8 Å². The van der Waals surface area contributed by atoms with Crippen molar-refractivity contribution in [1.29, 1.82) is 0 Å². The van der Waals surface area contributed by atoms with E-state index in [4.69, 9.17) is 18.9 Å². The molecular weight excluding hydrogens is 254 g/mol. The minimum Gasteiger partial charge on any atom is -0.349 e. The molecule has 3 atom stereocenters. The maximum atomic E-state index is 11.6. The molecule has 7 heteroatoms. The van der Waals surface area contributed by atoms with E-state index in [0.29, 0.717) is 0 Å². The van der Waals surface area contributed by atoms with Crippen LogP contribution in [0.1, 0.15) is 13.8 Å². The Kier molecular flexibility index (Phi) is 3.48. The van der Waals surface area contributed by atoms with Gasteiger partial charge in [-0.05, 0) is 13.8 Å². The van der Waals surface area contributed by atoms with Crippen molar-refractivity contribution in [2.75, 3.05) is 20.8 Å². The first-order valence-corrected chi connectivity index (χ1v) is 5.84. The van der Waals surface area contributed by atoms with Gasteiger partial charge in [-0.1, -0.05) is 0 Å². The molecule has 0 saturated carbocycles. The van der Waals surface area contributed by atoms with Crippen LogP contribution in [-0.4, -0.2) is 50.3 Å². The number of amides is 2. The van der Waals surface area contributed by atoms with Crippen molar-refractivity contribution >= 4 is 11.8 Å². The third-order valence-electron chi connectivity index (χ3n) is 3.61. The molecule has 7 nitrogen and oxygen atoms in total. The van der Waals surface area contributed by atoms with Crippen LogP contribution in [0.2, 0.25) is 0 Å². The van der Waals surface area contributed by atoms with E-state index >= 15 is 0 Å². The minimum atomic E-state index is -1.20. The molecule has 0 radical (unpaired) electrons. The van der Waals surface area contributed by atoms with Crippen LogP contribution in [0.15, 0.2) is 11.6 Å². The number of imide groups is 1. The van der Waals surface area contributed by atoms with E-state index in [0.717, 1.165) is 0 Å². The van der Waals surface area contributed by atoms with Crippen LogP contribution in [0.25, 0.3) is 0 Å². The van der Waals surface area contributed by atoms with Gasteiger partial charge in [-0.15, -0.1) is 0 Å². The summed E-state index contributed by atoms with van der Waals surface area (Å²) in [4.78, 5) is 22.8. The van der Waals surface area contributed by atoms with Crippen molar-refractivity contribution in [2.45, 2.75) is 31.5 Å². The van der Waals surface area contributed by atoms with Gasteiger partial charge in [-0.25, -0.2) is 0 Å². The summed E-state index contributed by atoms with van der Waals surface area (Å²) in [7, 11) is 2.93. The van der Waals surface area contributed by atoms with Crippen LogP contribution < -0.4 is 5.32 Å². The smallest absolute Gasteiger partial charge is 0.256 e. The number of hydrogen-bond donors (Lipinski definition) is 1. The zero-order valence-corrected chi connectivity index (χ0v) is 11.3. The highest BCUT2D eigenvalue weighted by atomic mass is 16.8. The molecule has 0 aliphatic carbocycles. The van der Waals surface area contributed by atoms with Crippen LogP contribution in [0.3, 0.4) is 0 Å². The molecule has 0 bridgehead atoms. The largest absolute Gasteiger partial charge is 0.349 e. The average molecular weight is 271 g/mol. The Hall–Kier alpha value is -1.28. The summed E-state index contributed by atoms with van der Waals surface area (Å²) >= 11 is 0. The molecule has 2 aliphatic rings. The maximum Gasteiger partial charge on any atom is 0.256 e. The van der Waals surface area contributed by atoms with Gasteiger partial charge in [0.25, 0.3) is 11.8 Å². The van der Waals surface area contributed by atoms with E-state index in [1.807, 2.05) is 0 Å². The predicted octanol–water partition coefficient (Wildman–Crippen LogP) is -0.290. The van der Waals surface area contributed by atoms with Crippen molar-refractivity contribution in [3.63, 3.8) is 0 Å². The number of ether oxygens (including phenoxy) is 4. The molecule has 0 spiro atoms. The Morgan fingerprint density at radius 1 is 1.26 bits per heavy atom. The first-order valence-electron chi connectivity index (χ1n) is 5.84.